The van der Waals surface area contributed by atoms with Crippen molar-refractivity contribution in [2.45, 2.75) is 26.9 Å². The minimum Gasteiger partial charge on any atom is -0.377 e. The van der Waals surface area contributed by atoms with Gasteiger partial charge in [0.15, 0.2) is 23.0 Å². The summed E-state index contributed by atoms with van der Waals surface area (Å²) in [5.74, 6) is -0.754. The number of nitrogens with zero attached hydrogens (tertiary/aromatic N) is 4. The molecule has 0 N–H and O–H groups in total. The second kappa shape index (κ2) is 13.1. The van der Waals surface area contributed by atoms with Crippen LogP contribution in [0.15, 0.2) is 58.1 Å². The molecule has 0 saturated carbocycles. The molecular weight excluding hydrogens is 504 g/mol. The van der Waals surface area contributed by atoms with Gasteiger partial charge in [-0.1, -0.05) is 24.3 Å². The molecule has 204 valence electrons. The smallest absolute Gasteiger partial charge is 0.280 e. The monoisotopic (exact) mass is 534 g/mol. The number of ketones is 2. The van der Waals surface area contributed by atoms with Gasteiger partial charge in [-0.25, -0.2) is 9.97 Å². The van der Waals surface area contributed by atoms with Gasteiger partial charge >= 0.3 is 0 Å². The number of aromatic nitrogens is 4. The standard InChI is InChI=1S/C28H30N4O7/c1-19(33)25-27(35)31(23-9-5-3-7-21(23)29-25)11-13-37-15-17-39-18-16-38-14-12-32-24-10-6-4-8-22(24)30-26(20(2)34)28(32)36/h3-10H,11-18H2,1-2H3. The van der Waals surface area contributed by atoms with Gasteiger partial charge in [-0.2, -0.15) is 0 Å². The van der Waals surface area contributed by atoms with Crippen LogP contribution in [0.25, 0.3) is 22.1 Å². The Bertz CT molecular complexity index is 1490. The van der Waals surface area contributed by atoms with Gasteiger partial charge in [-0.15, -0.1) is 0 Å². The van der Waals surface area contributed by atoms with Crippen LogP contribution < -0.4 is 11.1 Å². The molecule has 0 unspecified atom stereocenters. The molecule has 4 aromatic rings. The molecule has 0 aliphatic carbocycles. The Kier molecular flexibility index (Phi) is 9.42. The molecule has 0 bridgehead atoms. The summed E-state index contributed by atoms with van der Waals surface area (Å²) in [5, 5.41) is 0. The third kappa shape index (κ3) is 6.69. The van der Waals surface area contributed by atoms with E-state index in [0.717, 1.165) is 0 Å². The molecule has 39 heavy (non-hydrogen) atoms. The Morgan fingerprint density at radius 2 is 0.974 bits per heavy atom. The quantitative estimate of drug-likeness (QED) is 0.177. The summed E-state index contributed by atoms with van der Waals surface area (Å²) in [5.41, 5.74) is 1.40. The summed E-state index contributed by atoms with van der Waals surface area (Å²) < 4.78 is 19.8. The number of para-hydroxylation sites is 4. The maximum atomic E-state index is 12.7. The van der Waals surface area contributed by atoms with Crippen molar-refractivity contribution in [2.75, 3.05) is 39.6 Å². The fraction of sp³-hybridized carbons (Fsp3) is 0.357. The van der Waals surface area contributed by atoms with Crippen LogP contribution in [0.1, 0.15) is 34.8 Å². The Hall–Kier alpha value is -4.06. The van der Waals surface area contributed by atoms with Crippen molar-refractivity contribution in [1.29, 1.82) is 0 Å². The number of hydrogen-bond donors (Lipinski definition) is 0. The van der Waals surface area contributed by atoms with Crippen LogP contribution in [0.5, 0.6) is 0 Å². The third-order valence-corrected chi connectivity index (χ3v) is 6.03. The molecule has 0 fully saturated rings. The van der Waals surface area contributed by atoms with E-state index in [1.807, 2.05) is 12.1 Å². The average molecular weight is 535 g/mol. The average Bonchev–Trinajstić information content (AvgIpc) is 2.92. The first-order valence-corrected chi connectivity index (χ1v) is 12.6. The zero-order valence-electron chi connectivity index (χ0n) is 21.9. The third-order valence-electron chi connectivity index (χ3n) is 6.03. The van der Waals surface area contributed by atoms with Gasteiger partial charge in [0.2, 0.25) is 0 Å². The topological polar surface area (TPSA) is 132 Å². The minimum absolute atomic E-state index is 0.0849. The van der Waals surface area contributed by atoms with Gasteiger partial charge in [-0.05, 0) is 24.3 Å². The van der Waals surface area contributed by atoms with Crippen LogP contribution in [0.2, 0.25) is 0 Å². The summed E-state index contributed by atoms with van der Waals surface area (Å²) in [6.07, 6.45) is 0. The minimum atomic E-state index is -0.433. The first kappa shape index (κ1) is 28.0. The molecule has 0 amide bonds. The molecule has 11 nitrogen and oxygen atoms in total. The predicted octanol–water partition coefficient (Wildman–Crippen LogP) is 2.26. The van der Waals surface area contributed by atoms with E-state index in [1.165, 1.54) is 23.0 Å². The highest BCUT2D eigenvalue weighted by atomic mass is 16.5. The number of rotatable bonds is 14. The van der Waals surface area contributed by atoms with Crippen LogP contribution in [0.4, 0.5) is 0 Å². The van der Waals surface area contributed by atoms with Gasteiger partial charge in [0, 0.05) is 26.9 Å². The first-order valence-electron chi connectivity index (χ1n) is 12.6. The lowest BCUT2D eigenvalue weighted by Crippen LogP contribution is -2.29. The molecule has 0 atom stereocenters. The van der Waals surface area contributed by atoms with Gasteiger partial charge in [0.05, 0.1) is 61.7 Å². The summed E-state index contributed by atoms with van der Waals surface area (Å²) in [4.78, 5) is 57.4. The lowest BCUT2D eigenvalue weighted by Gasteiger charge is -2.12. The molecule has 0 spiro atoms. The molecule has 4 rings (SSSR count). The molecule has 2 aromatic carbocycles. The predicted molar refractivity (Wildman–Crippen MR) is 144 cm³/mol. The van der Waals surface area contributed by atoms with Crippen molar-refractivity contribution in [2.24, 2.45) is 0 Å². The first-order chi connectivity index (χ1) is 18.9. The van der Waals surface area contributed by atoms with E-state index in [-0.39, 0.29) is 49.3 Å². The van der Waals surface area contributed by atoms with Gasteiger partial charge in [0.25, 0.3) is 11.1 Å². The maximum Gasteiger partial charge on any atom is 0.280 e. The number of Topliss-reactive ketones (excluding diaryl/α,β-unsaturated/α-hetero) is 2. The lowest BCUT2D eigenvalue weighted by atomic mass is 10.2. The molecular formula is C28H30N4O7. The molecule has 0 radical (unpaired) electrons. The van der Waals surface area contributed by atoms with Crippen molar-refractivity contribution in [3.05, 3.63) is 80.6 Å². The second-order valence-electron chi connectivity index (χ2n) is 8.76. The van der Waals surface area contributed by atoms with E-state index in [4.69, 9.17) is 14.2 Å². The number of fused-ring (bicyclic) bond motifs is 2. The van der Waals surface area contributed by atoms with Crippen molar-refractivity contribution in [1.82, 2.24) is 19.1 Å². The fourth-order valence-electron chi connectivity index (χ4n) is 4.14. The Morgan fingerprint density at radius 1 is 0.615 bits per heavy atom. The van der Waals surface area contributed by atoms with Crippen LogP contribution in [0, 0.1) is 0 Å². The van der Waals surface area contributed by atoms with Crippen molar-refractivity contribution >= 4 is 33.6 Å². The van der Waals surface area contributed by atoms with Crippen LogP contribution in [-0.4, -0.2) is 70.3 Å². The van der Waals surface area contributed by atoms with Crippen molar-refractivity contribution in [3.63, 3.8) is 0 Å². The normalized spacial score (nSPS) is 11.3. The second-order valence-corrected chi connectivity index (χ2v) is 8.76. The van der Waals surface area contributed by atoms with E-state index in [9.17, 15) is 19.2 Å². The molecule has 2 heterocycles. The van der Waals surface area contributed by atoms with Gasteiger partial charge in [-0.3, -0.25) is 19.2 Å². The van der Waals surface area contributed by atoms with Gasteiger partial charge < -0.3 is 23.3 Å². The number of benzene rings is 2. The van der Waals surface area contributed by atoms with Crippen molar-refractivity contribution < 1.29 is 23.8 Å². The van der Waals surface area contributed by atoms with E-state index in [0.29, 0.717) is 48.5 Å². The highest BCUT2D eigenvalue weighted by Crippen LogP contribution is 2.11. The maximum absolute atomic E-state index is 12.7. The Morgan fingerprint density at radius 3 is 1.36 bits per heavy atom. The van der Waals surface area contributed by atoms with Gasteiger partial charge in [0.1, 0.15) is 0 Å². The summed E-state index contributed by atoms with van der Waals surface area (Å²) >= 11 is 0. The molecule has 0 saturated heterocycles. The van der Waals surface area contributed by atoms with E-state index in [1.54, 1.807) is 36.4 Å². The van der Waals surface area contributed by atoms with E-state index in [2.05, 4.69) is 9.97 Å². The van der Waals surface area contributed by atoms with Crippen LogP contribution in [0.3, 0.4) is 0 Å². The number of carbonyl (C=O) groups excluding carboxylic acids is 2. The largest absolute Gasteiger partial charge is 0.377 e. The molecule has 0 aliphatic heterocycles. The number of carbonyl (C=O) groups is 2. The molecule has 11 heteroatoms. The highest BCUT2D eigenvalue weighted by molar-refractivity contribution is 5.94. The fourth-order valence-corrected chi connectivity index (χ4v) is 4.14. The summed E-state index contributed by atoms with van der Waals surface area (Å²) in [6, 6.07) is 14.3. The summed E-state index contributed by atoms with van der Waals surface area (Å²) in [6.45, 7) is 5.06. The highest BCUT2D eigenvalue weighted by Gasteiger charge is 2.15. The van der Waals surface area contributed by atoms with E-state index >= 15 is 0 Å². The van der Waals surface area contributed by atoms with Crippen LogP contribution in [-0.2, 0) is 27.3 Å². The Balaban J connectivity index is 1.18. The number of hydrogen-bond acceptors (Lipinski definition) is 9. The molecule has 0 aliphatic rings. The number of ether oxygens (including phenoxy) is 3. The summed E-state index contributed by atoms with van der Waals surface area (Å²) in [7, 11) is 0. The lowest BCUT2D eigenvalue weighted by molar-refractivity contribution is 0.0119. The zero-order chi connectivity index (χ0) is 27.8. The Labute approximate surface area is 224 Å². The van der Waals surface area contributed by atoms with Crippen molar-refractivity contribution in [3.8, 4) is 0 Å². The SMILES string of the molecule is CC(=O)c1nc2ccccc2n(CCOCCOCCOCCn2c(=O)c(C(C)=O)nc3ccccc32)c1=O. The van der Waals surface area contributed by atoms with Crippen LogP contribution >= 0.6 is 0 Å². The molecule has 2 aromatic heterocycles. The van der Waals surface area contributed by atoms with E-state index < -0.39 is 11.1 Å². The zero-order valence-corrected chi connectivity index (χ0v) is 21.9.